The Hall–Kier alpha value is -1.95. The van der Waals surface area contributed by atoms with E-state index in [1.807, 2.05) is 0 Å². The van der Waals surface area contributed by atoms with Gasteiger partial charge in [-0.3, -0.25) is 0 Å². The van der Waals surface area contributed by atoms with Crippen molar-refractivity contribution in [3.8, 4) is 5.75 Å². The van der Waals surface area contributed by atoms with E-state index < -0.39 is 18.2 Å². The molecule has 2 aromatic carbocycles. The van der Waals surface area contributed by atoms with Crippen molar-refractivity contribution in [3.63, 3.8) is 0 Å². The van der Waals surface area contributed by atoms with Crippen LogP contribution in [0.5, 0.6) is 5.75 Å². The van der Waals surface area contributed by atoms with Gasteiger partial charge in [-0.05, 0) is 35.9 Å². The summed E-state index contributed by atoms with van der Waals surface area (Å²) < 4.78 is 54.2. The van der Waals surface area contributed by atoms with E-state index in [1.54, 1.807) is 0 Å². The van der Waals surface area contributed by atoms with Gasteiger partial charge in [0.05, 0.1) is 5.02 Å². The Morgan fingerprint density at radius 2 is 1.81 bits per heavy atom. The Morgan fingerprint density at radius 1 is 1.05 bits per heavy atom. The minimum atomic E-state index is -2.96. The summed E-state index contributed by atoms with van der Waals surface area (Å²) in [6.07, 6.45) is 0. The van der Waals surface area contributed by atoms with Gasteiger partial charge in [0.2, 0.25) is 0 Å². The van der Waals surface area contributed by atoms with E-state index in [0.717, 1.165) is 12.1 Å². The lowest BCUT2D eigenvalue weighted by Crippen LogP contribution is -2.03. The lowest BCUT2D eigenvalue weighted by atomic mass is 10.2. The van der Waals surface area contributed by atoms with Crippen molar-refractivity contribution in [2.45, 2.75) is 13.2 Å². The highest BCUT2D eigenvalue weighted by molar-refractivity contribution is 6.32. The minimum Gasteiger partial charge on any atom is -0.433 e. The molecule has 0 radical (unpaired) electrons. The van der Waals surface area contributed by atoms with E-state index in [4.69, 9.17) is 11.6 Å². The van der Waals surface area contributed by atoms with Crippen molar-refractivity contribution in [1.29, 1.82) is 0 Å². The average Bonchev–Trinajstić information content (AvgIpc) is 2.42. The fraction of sp³-hybridized carbons (Fsp3) is 0.143. The van der Waals surface area contributed by atoms with Crippen LogP contribution in [0.15, 0.2) is 36.4 Å². The first-order valence-electron chi connectivity index (χ1n) is 5.88. The van der Waals surface area contributed by atoms with Crippen LogP contribution in [0.4, 0.5) is 23.2 Å². The third-order valence-corrected chi connectivity index (χ3v) is 2.92. The van der Waals surface area contributed by atoms with Gasteiger partial charge in [0, 0.05) is 12.2 Å². The molecule has 2 aromatic rings. The van der Waals surface area contributed by atoms with Crippen LogP contribution < -0.4 is 10.1 Å². The Bertz CT molecular complexity index is 636. The second kappa shape index (κ2) is 6.67. The quantitative estimate of drug-likeness (QED) is 0.797. The summed E-state index contributed by atoms with van der Waals surface area (Å²) in [6, 6.07) is 7.71. The van der Waals surface area contributed by atoms with E-state index in [-0.39, 0.29) is 17.3 Å². The standard InChI is InChI=1S/C14H10ClF4NO/c15-10-6-9(2-4-13(10)21-14(18)19)20-7-8-1-3-11(16)12(17)5-8/h1-6,14,20H,7H2. The second-order valence-electron chi connectivity index (χ2n) is 4.13. The number of anilines is 1. The van der Waals surface area contributed by atoms with Crippen LogP contribution in [0.25, 0.3) is 0 Å². The number of hydrogen-bond donors (Lipinski definition) is 1. The Balaban J connectivity index is 2.03. The molecule has 0 atom stereocenters. The molecular weight excluding hydrogens is 310 g/mol. The molecule has 0 bridgehead atoms. The number of nitrogens with one attached hydrogen (secondary N) is 1. The summed E-state index contributed by atoms with van der Waals surface area (Å²) in [5.74, 6) is -1.99. The molecule has 0 amide bonds. The molecule has 0 aliphatic heterocycles. The molecule has 0 unspecified atom stereocenters. The predicted molar refractivity (Wildman–Crippen MR) is 71.8 cm³/mol. The third-order valence-electron chi connectivity index (χ3n) is 2.63. The third kappa shape index (κ3) is 4.26. The molecule has 0 spiro atoms. The maximum absolute atomic E-state index is 13.0. The predicted octanol–water partition coefficient (Wildman–Crippen LogP) is 4.83. The second-order valence-corrected chi connectivity index (χ2v) is 4.53. The molecule has 7 heteroatoms. The molecule has 0 heterocycles. The number of alkyl halides is 2. The lowest BCUT2D eigenvalue weighted by Gasteiger charge is -2.10. The first kappa shape index (κ1) is 15.4. The van der Waals surface area contributed by atoms with Gasteiger partial charge in [-0.1, -0.05) is 17.7 Å². The van der Waals surface area contributed by atoms with Gasteiger partial charge in [-0.25, -0.2) is 8.78 Å². The summed E-state index contributed by atoms with van der Waals surface area (Å²) in [5, 5.41) is 2.93. The molecule has 0 aliphatic carbocycles. The zero-order chi connectivity index (χ0) is 15.4. The number of ether oxygens (including phenoxy) is 1. The maximum atomic E-state index is 13.0. The van der Waals surface area contributed by atoms with E-state index in [0.29, 0.717) is 11.3 Å². The highest BCUT2D eigenvalue weighted by Gasteiger charge is 2.09. The van der Waals surface area contributed by atoms with E-state index in [9.17, 15) is 17.6 Å². The SMILES string of the molecule is Fc1ccc(CNc2ccc(OC(F)F)c(Cl)c2)cc1F. The molecule has 0 fully saturated rings. The van der Waals surface area contributed by atoms with E-state index in [1.165, 1.54) is 24.3 Å². The molecule has 0 saturated heterocycles. The lowest BCUT2D eigenvalue weighted by molar-refractivity contribution is -0.0497. The topological polar surface area (TPSA) is 21.3 Å². The first-order valence-corrected chi connectivity index (χ1v) is 6.25. The smallest absolute Gasteiger partial charge is 0.387 e. The summed E-state index contributed by atoms with van der Waals surface area (Å²) >= 11 is 5.79. The van der Waals surface area contributed by atoms with Crippen molar-refractivity contribution in [1.82, 2.24) is 0 Å². The van der Waals surface area contributed by atoms with Crippen molar-refractivity contribution in [2.75, 3.05) is 5.32 Å². The van der Waals surface area contributed by atoms with Crippen LogP contribution >= 0.6 is 11.6 Å². The van der Waals surface area contributed by atoms with Crippen LogP contribution in [0, 0.1) is 11.6 Å². The molecule has 0 saturated carbocycles. The molecule has 0 aromatic heterocycles. The first-order chi connectivity index (χ1) is 9.95. The largest absolute Gasteiger partial charge is 0.433 e. The van der Waals surface area contributed by atoms with Gasteiger partial charge < -0.3 is 10.1 Å². The zero-order valence-electron chi connectivity index (χ0n) is 10.5. The molecule has 2 nitrogen and oxygen atoms in total. The zero-order valence-corrected chi connectivity index (χ0v) is 11.3. The molecule has 2 rings (SSSR count). The molecule has 0 aliphatic rings. The monoisotopic (exact) mass is 319 g/mol. The Morgan fingerprint density at radius 3 is 2.43 bits per heavy atom. The highest BCUT2D eigenvalue weighted by atomic mass is 35.5. The highest BCUT2D eigenvalue weighted by Crippen LogP contribution is 2.29. The number of rotatable bonds is 5. The van der Waals surface area contributed by atoms with Crippen molar-refractivity contribution < 1.29 is 22.3 Å². The van der Waals surface area contributed by atoms with Crippen molar-refractivity contribution in [2.24, 2.45) is 0 Å². The Labute approximate surface area is 123 Å². The van der Waals surface area contributed by atoms with Crippen LogP contribution in [0.2, 0.25) is 5.02 Å². The van der Waals surface area contributed by atoms with Gasteiger partial charge in [0.1, 0.15) is 5.75 Å². The van der Waals surface area contributed by atoms with Gasteiger partial charge in [-0.2, -0.15) is 8.78 Å². The summed E-state index contributed by atoms with van der Waals surface area (Å²) in [5.41, 5.74) is 1.06. The number of benzene rings is 2. The molecular formula is C14H10ClF4NO. The van der Waals surface area contributed by atoms with E-state index >= 15 is 0 Å². The van der Waals surface area contributed by atoms with Crippen LogP contribution in [0.1, 0.15) is 5.56 Å². The maximum Gasteiger partial charge on any atom is 0.387 e. The summed E-state index contributed by atoms with van der Waals surface area (Å²) in [7, 11) is 0. The average molecular weight is 320 g/mol. The number of hydrogen-bond acceptors (Lipinski definition) is 2. The van der Waals surface area contributed by atoms with Gasteiger partial charge >= 0.3 is 6.61 Å². The van der Waals surface area contributed by atoms with Crippen LogP contribution in [-0.2, 0) is 6.54 Å². The minimum absolute atomic E-state index is 0.0191. The van der Waals surface area contributed by atoms with Crippen LogP contribution in [0.3, 0.4) is 0 Å². The fourth-order valence-corrected chi connectivity index (χ4v) is 1.88. The van der Waals surface area contributed by atoms with Crippen molar-refractivity contribution in [3.05, 3.63) is 58.6 Å². The summed E-state index contributed by atoms with van der Waals surface area (Å²) in [6.45, 7) is -2.73. The molecule has 112 valence electrons. The number of halogens is 5. The van der Waals surface area contributed by atoms with Gasteiger partial charge in [0.15, 0.2) is 11.6 Å². The van der Waals surface area contributed by atoms with Crippen LogP contribution in [-0.4, -0.2) is 6.61 Å². The molecule has 1 N–H and O–H groups in total. The molecule has 21 heavy (non-hydrogen) atoms. The Kier molecular flexibility index (Phi) is 4.90. The van der Waals surface area contributed by atoms with E-state index in [2.05, 4.69) is 10.1 Å². The summed E-state index contributed by atoms with van der Waals surface area (Å²) in [4.78, 5) is 0. The normalized spacial score (nSPS) is 10.8. The fourth-order valence-electron chi connectivity index (χ4n) is 1.66. The van der Waals surface area contributed by atoms with Gasteiger partial charge in [-0.15, -0.1) is 0 Å². The van der Waals surface area contributed by atoms with Crippen molar-refractivity contribution >= 4 is 17.3 Å². The van der Waals surface area contributed by atoms with Gasteiger partial charge in [0.25, 0.3) is 0 Å².